The minimum atomic E-state index is -0.388. The number of carbonyl (C=O) groups excluding carboxylic acids is 1. The predicted molar refractivity (Wildman–Crippen MR) is 52.8 cm³/mol. The topological polar surface area (TPSA) is 50.1 Å². The van der Waals surface area contributed by atoms with Crippen molar-refractivity contribution in [3.63, 3.8) is 0 Å². The molecule has 1 aromatic rings. The zero-order valence-corrected chi connectivity index (χ0v) is 8.35. The lowest BCUT2D eigenvalue weighted by Gasteiger charge is -1.94. The Hall–Kier alpha value is -1.78. The number of ether oxygens (including phenoxy) is 1. The Morgan fingerprint density at radius 1 is 1.71 bits per heavy atom. The second-order valence-corrected chi connectivity index (χ2v) is 3.21. The normalized spacial score (nSPS) is 8.29. The van der Waals surface area contributed by atoms with Crippen LogP contribution in [-0.4, -0.2) is 13.1 Å². The van der Waals surface area contributed by atoms with E-state index in [9.17, 15) is 4.79 Å². The molecule has 0 spiro atoms. The molecular weight excluding hydrogens is 198 g/mol. The third kappa shape index (κ3) is 2.35. The van der Waals surface area contributed by atoms with Crippen molar-refractivity contribution in [1.82, 2.24) is 0 Å². The number of hydrogen-bond acceptors (Lipinski definition) is 4. The van der Waals surface area contributed by atoms with Gasteiger partial charge in [0.25, 0.3) is 0 Å². The maximum Gasteiger partial charge on any atom is 0.349 e. The Bertz CT molecular complexity index is 431. The van der Waals surface area contributed by atoms with Crippen LogP contribution in [-0.2, 0) is 4.74 Å². The molecule has 0 aliphatic heterocycles. The van der Waals surface area contributed by atoms with Crippen molar-refractivity contribution >= 4 is 17.3 Å². The molecule has 0 bridgehead atoms. The van der Waals surface area contributed by atoms with Gasteiger partial charge in [-0.1, -0.05) is 11.8 Å². The first kappa shape index (κ1) is 10.3. The van der Waals surface area contributed by atoms with E-state index in [1.54, 1.807) is 11.4 Å². The van der Waals surface area contributed by atoms with Crippen LogP contribution in [0.5, 0.6) is 0 Å². The first-order chi connectivity index (χ1) is 6.79. The van der Waals surface area contributed by atoms with Gasteiger partial charge in [-0.3, -0.25) is 0 Å². The molecule has 0 radical (unpaired) electrons. The minimum absolute atomic E-state index is 0.163. The van der Waals surface area contributed by atoms with Crippen LogP contribution in [0.25, 0.3) is 0 Å². The van der Waals surface area contributed by atoms with Crippen LogP contribution in [0.1, 0.15) is 21.7 Å². The van der Waals surface area contributed by atoms with Gasteiger partial charge in [0.2, 0.25) is 0 Å². The fourth-order valence-electron chi connectivity index (χ4n) is 0.837. The molecule has 0 aromatic carbocycles. The number of nitriles is 1. The first-order valence-corrected chi connectivity index (χ1v) is 4.69. The molecule has 3 nitrogen and oxygen atoms in total. The van der Waals surface area contributed by atoms with E-state index in [-0.39, 0.29) is 12.4 Å². The number of rotatable bonds is 1. The summed E-state index contributed by atoms with van der Waals surface area (Å²) in [7, 11) is 1.33. The lowest BCUT2D eigenvalue weighted by atomic mass is 10.2. The number of thiophene rings is 1. The van der Waals surface area contributed by atoms with Gasteiger partial charge in [-0.15, -0.1) is 11.3 Å². The van der Waals surface area contributed by atoms with Gasteiger partial charge in [0.05, 0.1) is 19.6 Å². The number of hydrogen-bond donors (Lipinski definition) is 0. The standard InChI is InChI=1S/C10H7NO2S/c1-13-10(12)9-8(5-7-14-9)4-2-3-6-11/h5,7H,3H2,1H3. The van der Waals surface area contributed by atoms with Crippen molar-refractivity contribution in [3.8, 4) is 17.9 Å². The summed E-state index contributed by atoms with van der Waals surface area (Å²) in [6.07, 6.45) is 0.163. The number of carbonyl (C=O) groups is 1. The molecule has 1 rings (SSSR count). The molecule has 0 amide bonds. The van der Waals surface area contributed by atoms with Crippen molar-refractivity contribution in [1.29, 1.82) is 5.26 Å². The predicted octanol–water partition coefficient (Wildman–Crippen LogP) is 1.80. The molecule has 0 atom stereocenters. The molecule has 0 unspecified atom stereocenters. The van der Waals surface area contributed by atoms with Crippen molar-refractivity contribution in [3.05, 3.63) is 21.9 Å². The van der Waals surface area contributed by atoms with Crippen molar-refractivity contribution in [2.75, 3.05) is 7.11 Å². The summed E-state index contributed by atoms with van der Waals surface area (Å²) in [5.41, 5.74) is 0.622. The number of esters is 1. The fraction of sp³-hybridized carbons (Fsp3) is 0.200. The summed E-state index contributed by atoms with van der Waals surface area (Å²) < 4.78 is 4.58. The Labute approximate surface area is 85.9 Å². The molecule has 0 saturated carbocycles. The van der Waals surface area contributed by atoms with Gasteiger partial charge >= 0.3 is 5.97 Å². The van der Waals surface area contributed by atoms with Gasteiger partial charge in [-0.25, -0.2) is 4.79 Å². The van der Waals surface area contributed by atoms with Gasteiger partial charge in [0.1, 0.15) is 4.88 Å². The smallest absolute Gasteiger partial charge is 0.349 e. The lowest BCUT2D eigenvalue weighted by Crippen LogP contribution is -1.99. The highest BCUT2D eigenvalue weighted by molar-refractivity contribution is 7.12. The van der Waals surface area contributed by atoms with E-state index in [0.717, 1.165) is 0 Å². The summed E-state index contributed by atoms with van der Waals surface area (Å²) >= 11 is 1.28. The van der Waals surface area contributed by atoms with E-state index in [0.29, 0.717) is 10.4 Å². The maximum atomic E-state index is 11.2. The third-order valence-electron chi connectivity index (χ3n) is 1.43. The van der Waals surface area contributed by atoms with Crippen LogP contribution in [0, 0.1) is 23.2 Å². The highest BCUT2D eigenvalue weighted by atomic mass is 32.1. The second kappa shape index (κ2) is 5.06. The van der Waals surface area contributed by atoms with E-state index in [4.69, 9.17) is 5.26 Å². The van der Waals surface area contributed by atoms with Crippen LogP contribution in [0.2, 0.25) is 0 Å². The zero-order chi connectivity index (χ0) is 10.4. The fourth-order valence-corrected chi connectivity index (χ4v) is 1.60. The van der Waals surface area contributed by atoms with Crippen LogP contribution >= 0.6 is 11.3 Å². The molecule has 0 aliphatic rings. The molecule has 4 heteroatoms. The van der Waals surface area contributed by atoms with Crippen LogP contribution in [0.3, 0.4) is 0 Å². The van der Waals surface area contributed by atoms with Gasteiger partial charge in [-0.2, -0.15) is 5.26 Å². The summed E-state index contributed by atoms with van der Waals surface area (Å²) in [5, 5.41) is 10.0. The molecule has 0 fully saturated rings. The Morgan fingerprint density at radius 2 is 2.50 bits per heavy atom. The Morgan fingerprint density at radius 3 is 3.14 bits per heavy atom. The summed E-state index contributed by atoms with van der Waals surface area (Å²) in [4.78, 5) is 11.7. The average molecular weight is 205 g/mol. The molecule has 1 aromatic heterocycles. The van der Waals surface area contributed by atoms with Crippen LogP contribution in [0.15, 0.2) is 11.4 Å². The monoisotopic (exact) mass is 205 g/mol. The Balaban J connectivity index is 2.90. The van der Waals surface area contributed by atoms with Gasteiger partial charge in [0.15, 0.2) is 0 Å². The maximum absolute atomic E-state index is 11.2. The van der Waals surface area contributed by atoms with Gasteiger partial charge < -0.3 is 4.74 Å². The quantitative estimate of drug-likeness (QED) is 0.519. The number of methoxy groups -OCH3 is 1. The molecule has 14 heavy (non-hydrogen) atoms. The minimum Gasteiger partial charge on any atom is -0.465 e. The van der Waals surface area contributed by atoms with Crippen LogP contribution in [0.4, 0.5) is 0 Å². The molecule has 70 valence electrons. The zero-order valence-electron chi connectivity index (χ0n) is 7.53. The van der Waals surface area contributed by atoms with Gasteiger partial charge in [0, 0.05) is 5.56 Å². The van der Waals surface area contributed by atoms with E-state index >= 15 is 0 Å². The van der Waals surface area contributed by atoms with E-state index in [1.165, 1.54) is 18.4 Å². The van der Waals surface area contributed by atoms with Crippen LogP contribution < -0.4 is 0 Å². The summed E-state index contributed by atoms with van der Waals surface area (Å²) in [5.74, 6) is 5.00. The third-order valence-corrected chi connectivity index (χ3v) is 2.32. The van der Waals surface area contributed by atoms with E-state index in [1.807, 2.05) is 6.07 Å². The number of nitrogens with zero attached hydrogens (tertiary/aromatic N) is 1. The van der Waals surface area contributed by atoms with E-state index < -0.39 is 0 Å². The largest absolute Gasteiger partial charge is 0.465 e. The molecule has 1 heterocycles. The SMILES string of the molecule is COC(=O)c1sccc1C#CCC#N. The van der Waals surface area contributed by atoms with Crippen molar-refractivity contribution in [2.24, 2.45) is 0 Å². The lowest BCUT2D eigenvalue weighted by molar-refractivity contribution is 0.0606. The summed E-state index contributed by atoms with van der Waals surface area (Å²) in [6.45, 7) is 0. The van der Waals surface area contributed by atoms with Gasteiger partial charge in [-0.05, 0) is 11.4 Å². The Kier molecular flexibility index (Phi) is 3.72. The highest BCUT2D eigenvalue weighted by Gasteiger charge is 2.11. The van der Waals surface area contributed by atoms with Crippen molar-refractivity contribution in [2.45, 2.75) is 6.42 Å². The molecular formula is C10H7NO2S. The van der Waals surface area contributed by atoms with E-state index in [2.05, 4.69) is 16.6 Å². The molecule has 0 saturated heterocycles. The molecule has 0 N–H and O–H groups in total. The molecule has 0 aliphatic carbocycles. The summed E-state index contributed by atoms with van der Waals surface area (Å²) in [6, 6.07) is 3.64. The average Bonchev–Trinajstić information content (AvgIpc) is 2.65. The second-order valence-electron chi connectivity index (χ2n) is 2.29. The van der Waals surface area contributed by atoms with Crippen molar-refractivity contribution < 1.29 is 9.53 Å². The highest BCUT2D eigenvalue weighted by Crippen LogP contribution is 2.16. The first-order valence-electron chi connectivity index (χ1n) is 3.81.